The monoisotopic (exact) mass is 415 g/mol. The Morgan fingerprint density at radius 2 is 2.00 bits per heavy atom. The van der Waals surface area contributed by atoms with Gasteiger partial charge in [-0.2, -0.15) is 0 Å². The van der Waals surface area contributed by atoms with Gasteiger partial charge in [-0.3, -0.25) is 14.4 Å². The van der Waals surface area contributed by atoms with Crippen LogP contribution < -0.4 is 16.8 Å². The zero-order valence-electron chi connectivity index (χ0n) is 16.3. The second-order valence-electron chi connectivity index (χ2n) is 7.43. The van der Waals surface area contributed by atoms with Crippen molar-refractivity contribution in [2.75, 3.05) is 6.54 Å². The number of rotatable bonds is 8. The lowest BCUT2D eigenvalue weighted by Gasteiger charge is -2.27. The van der Waals surface area contributed by atoms with E-state index in [1.165, 1.54) is 4.90 Å². The van der Waals surface area contributed by atoms with E-state index < -0.39 is 42.3 Å². The van der Waals surface area contributed by atoms with Gasteiger partial charge in [0.05, 0.1) is 12.5 Å². The molecule has 0 spiro atoms. The van der Waals surface area contributed by atoms with E-state index in [0.717, 1.165) is 16.5 Å². The van der Waals surface area contributed by atoms with Gasteiger partial charge in [-0.15, -0.1) is 0 Å². The first-order valence-electron chi connectivity index (χ1n) is 9.70. The van der Waals surface area contributed by atoms with E-state index in [0.29, 0.717) is 25.8 Å². The largest absolute Gasteiger partial charge is 0.480 e. The Balaban J connectivity index is 1.67. The lowest BCUT2D eigenvalue weighted by molar-refractivity contribution is -0.145. The predicted octanol–water partition coefficient (Wildman–Crippen LogP) is -0.526. The molecule has 1 saturated heterocycles. The zero-order chi connectivity index (χ0) is 21.8. The van der Waals surface area contributed by atoms with Gasteiger partial charge in [-0.25, -0.2) is 4.79 Å². The summed E-state index contributed by atoms with van der Waals surface area (Å²) in [5, 5.41) is 12.5. The number of aromatic amines is 1. The Kier molecular flexibility index (Phi) is 6.36. The Bertz CT molecular complexity index is 971. The van der Waals surface area contributed by atoms with Crippen LogP contribution in [0.2, 0.25) is 0 Å². The standard InChI is InChI=1S/C20H25N5O5/c21-13(8-11-10-23-14-5-2-1-4-12(11)14)19(28)25-7-3-6-16(25)18(27)24-15(20(29)30)9-17(22)26/h1-2,4-5,10,13,15-16,23H,3,6-9,21H2,(H2,22,26)(H,24,27)(H,29,30)/t13-,15-,16-/m0/s1. The molecule has 10 heteroatoms. The Morgan fingerprint density at radius 1 is 1.27 bits per heavy atom. The van der Waals surface area contributed by atoms with Crippen molar-refractivity contribution in [3.63, 3.8) is 0 Å². The third kappa shape index (κ3) is 4.60. The minimum Gasteiger partial charge on any atom is -0.480 e. The van der Waals surface area contributed by atoms with Crippen molar-refractivity contribution in [1.29, 1.82) is 0 Å². The number of primary amides is 1. The molecule has 3 rings (SSSR count). The third-order valence-electron chi connectivity index (χ3n) is 5.29. The van der Waals surface area contributed by atoms with E-state index >= 15 is 0 Å². The minimum absolute atomic E-state index is 0.299. The highest BCUT2D eigenvalue weighted by molar-refractivity contribution is 5.94. The van der Waals surface area contributed by atoms with Gasteiger partial charge in [-0.1, -0.05) is 18.2 Å². The molecule has 0 saturated carbocycles. The molecule has 3 atom stereocenters. The second-order valence-corrected chi connectivity index (χ2v) is 7.43. The number of likely N-dealkylation sites (tertiary alicyclic amines) is 1. The van der Waals surface area contributed by atoms with E-state index in [1.807, 2.05) is 30.5 Å². The first-order chi connectivity index (χ1) is 14.3. The topological polar surface area (TPSA) is 172 Å². The van der Waals surface area contributed by atoms with E-state index in [1.54, 1.807) is 0 Å². The van der Waals surface area contributed by atoms with Crippen LogP contribution in [0.1, 0.15) is 24.8 Å². The summed E-state index contributed by atoms with van der Waals surface area (Å²) < 4.78 is 0. The minimum atomic E-state index is -1.44. The van der Waals surface area contributed by atoms with Crippen molar-refractivity contribution in [1.82, 2.24) is 15.2 Å². The molecule has 1 aromatic carbocycles. The third-order valence-corrected chi connectivity index (χ3v) is 5.29. The number of carboxylic acids is 1. The van der Waals surface area contributed by atoms with Gasteiger partial charge in [0.15, 0.2) is 0 Å². The lowest BCUT2D eigenvalue weighted by atomic mass is 10.0. The normalized spacial score (nSPS) is 18.2. The number of hydrogen-bond acceptors (Lipinski definition) is 5. The summed E-state index contributed by atoms with van der Waals surface area (Å²) in [5.41, 5.74) is 13.1. The molecule has 0 radical (unpaired) electrons. The van der Waals surface area contributed by atoms with Crippen LogP contribution in [-0.2, 0) is 25.6 Å². The molecule has 10 nitrogen and oxygen atoms in total. The van der Waals surface area contributed by atoms with Crippen molar-refractivity contribution < 1.29 is 24.3 Å². The number of para-hydroxylation sites is 1. The average Bonchev–Trinajstić information content (AvgIpc) is 3.34. The lowest BCUT2D eigenvalue weighted by Crippen LogP contribution is -2.54. The summed E-state index contributed by atoms with van der Waals surface area (Å²) in [4.78, 5) is 52.4. The van der Waals surface area contributed by atoms with Crippen molar-refractivity contribution in [3.05, 3.63) is 36.0 Å². The van der Waals surface area contributed by atoms with E-state index in [9.17, 15) is 24.3 Å². The first-order valence-corrected chi connectivity index (χ1v) is 9.70. The van der Waals surface area contributed by atoms with Crippen LogP contribution in [-0.4, -0.2) is 63.4 Å². The number of fused-ring (bicyclic) bond motifs is 1. The quantitative estimate of drug-likeness (QED) is 0.388. The van der Waals surface area contributed by atoms with E-state index in [4.69, 9.17) is 11.5 Å². The molecule has 3 amide bonds. The van der Waals surface area contributed by atoms with Crippen molar-refractivity contribution in [3.8, 4) is 0 Å². The number of aliphatic carboxylic acids is 1. The molecule has 160 valence electrons. The van der Waals surface area contributed by atoms with E-state index in [-0.39, 0.29) is 5.91 Å². The van der Waals surface area contributed by atoms with Crippen LogP contribution >= 0.6 is 0 Å². The number of H-pyrrole nitrogens is 1. The van der Waals surface area contributed by atoms with E-state index in [2.05, 4.69) is 10.3 Å². The second kappa shape index (κ2) is 8.95. The summed E-state index contributed by atoms with van der Waals surface area (Å²) in [6.45, 7) is 0.353. The number of hydrogen-bond donors (Lipinski definition) is 5. The number of nitrogens with two attached hydrogens (primary N) is 2. The van der Waals surface area contributed by atoms with Crippen LogP contribution in [0.5, 0.6) is 0 Å². The van der Waals surface area contributed by atoms with Gasteiger partial charge < -0.3 is 31.8 Å². The maximum absolute atomic E-state index is 12.9. The summed E-state index contributed by atoms with van der Waals surface area (Å²) in [7, 11) is 0. The smallest absolute Gasteiger partial charge is 0.326 e. The molecular formula is C20H25N5O5. The number of nitrogens with one attached hydrogen (secondary N) is 2. The molecule has 1 aliphatic rings. The van der Waals surface area contributed by atoms with Gasteiger partial charge in [0.2, 0.25) is 17.7 Å². The zero-order valence-corrected chi connectivity index (χ0v) is 16.3. The summed E-state index contributed by atoms with van der Waals surface area (Å²) in [5.74, 6) is -3.22. The molecule has 1 aromatic heterocycles. The Morgan fingerprint density at radius 3 is 2.70 bits per heavy atom. The highest BCUT2D eigenvalue weighted by atomic mass is 16.4. The molecule has 1 aliphatic heterocycles. The van der Waals surface area contributed by atoms with Gasteiger partial charge in [0, 0.05) is 23.6 Å². The van der Waals surface area contributed by atoms with Crippen LogP contribution in [0.4, 0.5) is 0 Å². The van der Waals surface area contributed by atoms with Gasteiger partial charge in [0.25, 0.3) is 0 Å². The summed E-state index contributed by atoms with van der Waals surface area (Å²) >= 11 is 0. The number of carbonyl (C=O) groups is 4. The fourth-order valence-corrected chi connectivity index (χ4v) is 3.81. The molecular weight excluding hydrogens is 390 g/mol. The SMILES string of the molecule is NC(=O)C[C@H](NC(=O)[C@@H]1CCCN1C(=O)[C@@H](N)Cc1c[nH]c2ccccc12)C(=O)O. The molecule has 2 aromatic rings. The number of amides is 3. The number of carbonyl (C=O) groups excluding carboxylic acids is 3. The number of carboxylic acid groups (broad SMARTS) is 1. The highest BCUT2D eigenvalue weighted by Crippen LogP contribution is 2.22. The van der Waals surface area contributed by atoms with Crippen molar-refractivity contribution in [2.24, 2.45) is 11.5 Å². The van der Waals surface area contributed by atoms with Crippen LogP contribution in [0.25, 0.3) is 10.9 Å². The van der Waals surface area contributed by atoms with Crippen LogP contribution in [0.3, 0.4) is 0 Å². The number of benzene rings is 1. The fraction of sp³-hybridized carbons (Fsp3) is 0.400. The van der Waals surface area contributed by atoms with Gasteiger partial charge in [-0.05, 0) is 30.9 Å². The predicted molar refractivity (Wildman–Crippen MR) is 108 cm³/mol. The Labute approximate surface area is 172 Å². The summed E-state index contributed by atoms with van der Waals surface area (Å²) in [6.07, 6.45) is 2.57. The molecule has 0 bridgehead atoms. The fourth-order valence-electron chi connectivity index (χ4n) is 3.81. The molecule has 0 aliphatic carbocycles. The molecule has 1 fully saturated rings. The average molecular weight is 415 g/mol. The molecule has 0 unspecified atom stereocenters. The molecule has 7 N–H and O–H groups in total. The summed E-state index contributed by atoms with van der Waals surface area (Å²) in [6, 6.07) is 4.56. The van der Waals surface area contributed by atoms with Gasteiger partial charge >= 0.3 is 5.97 Å². The number of aromatic nitrogens is 1. The Hall–Kier alpha value is -3.40. The van der Waals surface area contributed by atoms with Crippen LogP contribution in [0.15, 0.2) is 30.5 Å². The maximum atomic E-state index is 12.9. The highest BCUT2D eigenvalue weighted by Gasteiger charge is 2.37. The molecule has 2 heterocycles. The van der Waals surface area contributed by atoms with Crippen LogP contribution in [0, 0.1) is 0 Å². The molecule has 30 heavy (non-hydrogen) atoms. The number of nitrogens with zero attached hydrogens (tertiary/aromatic N) is 1. The van der Waals surface area contributed by atoms with Crippen molar-refractivity contribution in [2.45, 2.75) is 43.8 Å². The van der Waals surface area contributed by atoms with Crippen molar-refractivity contribution >= 4 is 34.6 Å². The first kappa shape index (κ1) is 21.3. The van der Waals surface area contributed by atoms with Gasteiger partial charge in [0.1, 0.15) is 12.1 Å². The maximum Gasteiger partial charge on any atom is 0.326 e.